The Labute approximate surface area is 136 Å². The zero-order chi connectivity index (χ0) is 15.7. The van der Waals surface area contributed by atoms with E-state index < -0.39 is 0 Å². The summed E-state index contributed by atoms with van der Waals surface area (Å²) in [5.74, 6) is 2.49. The second kappa shape index (κ2) is 6.41. The van der Waals surface area contributed by atoms with E-state index in [4.69, 9.17) is 11.6 Å². The summed E-state index contributed by atoms with van der Waals surface area (Å²) in [5, 5.41) is 3.97. The molecule has 22 heavy (non-hydrogen) atoms. The number of rotatable bonds is 4. The molecule has 1 aromatic heterocycles. The van der Waals surface area contributed by atoms with Crippen LogP contribution in [-0.2, 0) is 4.79 Å². The topological polar surface area (TPSA) is 58.1 Å². The normalized spacial score (nSPS) is 19.5. The van der Waals surface area contributed by atoms with E-state index in [0.29, 0.717) is 17.1 Å². The van der Waals surface area contributed by atoms with Crippen LogP contribution in [-0.4, -0.2) is 39.9 Å². The Bertz CT molecular complexity index is 551. The third-order valence-corrected chi connectivity index (χ3v) is 4.50. The van der Waals surface area contributed by atoms with Gasteiger partial charge in [-0.1, -0.05) is 25.4 Å². The Hall–Kier alpha value is -1.36. The summed E-state index contributed by atoms with van der Waals surface area (Å²) in [6.45, 7) is 5.52. The molecule has 1 amide bonds. The van der Waals surface area contributed by atoms with Crippen molar-refractivity contribution in [3.05, 3.63) is 17.0 Å². The molecule has 1 aliphatic carbocycles. The Balaban J connectivity index is 1.57. The average molecular weight is 323 g/mol. The molecule has 1 N–H and O–H groups in total. The van der Waals surface area contributed by atoms with Gasteiger partial charge in [0.2, 0.25) is 5.91 Å². The van der Waals surface area contributed by atoms with E-state index in [-0.39, 0.29) is 11.8 Å². The molecular formula is C16H23ClN4O. The van der Waals surface area contributed by atoms with Crippen LogP contribution in [0.3, 0.4) is 0 Å². The molecule has 1 aromatic rings. The molecule has 1 aliphatic heterocycles. The van der Waals surface area contributed by atoms with Crippen LogP contribution in [0, 0.1) is 5.92 Å². The standard InChI is InChI=1S/C16H23ClN4O/c1-10(2)16(22)21-7-5-12(6-8-21)18-14-9-13(17)19-15(20-14)11-3-4-11/h9-12H,3-8H2,1-2H3,(H,18,19,20). The van der Waals surface area contributed by atoms with Crippen LogP contribution < -0.4 is 5.32 Å². The number of amides is 1. The van der Waals surface area contributed by atoms with Gasteiger partial charge in [0.25, 0.3) is 0 Å². The molecule has 0 spiro atoms. The van der Waals surface area contributed by atoms with Crippen molar-refractivity contribution >= 4 is 23.3 Å². The van der Waals surface area contributed by atoms with Gasteiger partial charge in [-0.3, -0.25) is 4.79 Å². The zero-order valence-electron chi connectivity index (χ0n) is 13.2. The minimum absolute atomic E-state index is 0.0753. The SMILES string of the molecule is CC(C)C(=O)N1CCC(Nc2cc(Cl)nc(C3CC3)n2)CC1. The maximum absolute atomic E-state index is 12.0. The van der Waals surface area contributed by atoms with Crippen LogP contribution in [0.2, 0.25) is 5.15 Å². The maximum atomic E-state index is 12.0. The molecule has 0 radical (unpaired) electrons. The van der Waals surface area contributed by atoms with Gasteiger partial charge in [0, 0.05) is 37.0 Å². The number of hydrogen-bond donors (Lipinski definition) is 1. The fraction of sp³-hybridized carbons (Fsp3) is 0.688. The highest BCUT2D eigenvalue weighted by molar-refractivity contribution is 6.29. The number of carbonyl (C=O) groups is 1. The lowest BCUT2D eigenvalue weighted by Gasteiger charge is -2.33. The summed E-state index contributed by atoms with van der Waals surface area (Å²) >= 11 is 6.10. The predicted octanol–water partition coefficient (Wildman–Crippen LogP) is 3.07. The highest BCUT2D eigenvalue weighted by atomic mass is 35.5. The number of carbonyl (C=O) groups excluding carboxylic acids is 1. The van der Waals surface area contributed by atoms with E-state index in [1.54, 1.807) is 6.07 Å². The van der Waals surface area contributed by atoms with Gasteiger partial charge in [-0.15, -0.1) is 0 Å². The lowest BCUT2D eigenvalue weighted by atomic mass is 10.0. The van der Waals surface area contributed by atoms with Crippen LogP contribution in [0.25, 0.3) is 0 Å². The number of piperidine rings is 1. The number of nitrogens with zero attached hydrogens (tertiary/aromatic N) is 3. The minimum atomic E-state index is 0.0753. The molecule has 120 valence electrons. The fourth-order valence-electron chi connectivity index (χ4n) is 2.85. The lowest BCUT2D eigenvalue weighted by Crippen LogP contribution is -2.44. The molecule has 0 bridgehead atoms. The number of nitrogens with one attached hydrogen (secondary N) is 1. The number of likely N-dealkylation sites (tertiary alicyclic amines) is 1. The fourth-order valence-corrected chi connectivity index (χ4v) is 3.04. The summed E-state index contributed by atoms with van der Waals surface area (Å²) in [7, 11) is 0. The Kier molecular flexibility index (Phi) is 4.52. The number of aromatic nitrogens is 2. The van der Waals surface area contributed by atoms with E-state index >= 15 is 0 Å². The maximum Gasteiger partial charge on any atom is 0.225 e. The van der Waals surface area contributed by atoms with Crippen molar-refractivity contribution in [2.24, 2.45) is 5.92 Å². The molecule has 1 saturated carbocycles. The van der Waals surface area contributed by atoms with E-state index in [2.05, 4.69) is 15.3 Å². The Morgan fingerprint density at radius 1 is 1.27 bits per heavy atom. The van der Waals surface area contributed by atoms with E-state index in [0.717, 1.165) is 50.4 Å². The van der Waals surface area contributed by atoms with E-state index in [1.165, 1.54) is 0 Å². The molecule has 2 heterocycles. The van der Waals surface area contributed by atoms with Gasteiger partial charge in [0.05, 0.1) is 0 Å². The number of halogens is 1. The van der Waals surface area contributed by atoms with Crippen molar-refractivity contribution in [2.75, 3.05) is 18.4 Å². The summed E-state index contributed by atoms with van der Waals surface area (Å²) in [5.41, 5.74) is 0. The second-order valence-electron chi connectivity index (χ2n) is 6.61. The van der Waals surface area contributed by atoms with Crippen LogP contribution in [0.15, 0.2) is 6.07 Å². The molecule has 0 unspecified atom stereocenters. The van der Waals surface area contributed by atoms with Gasteiger partial charge in [-0.2, -0.15) is 0 Å². The van der Waals surface area contributed by atoms with E-state index in [9.17, 15) is 4.79 Å². The van der Waals surface area contributed by atoms with Gasteiger partial charge < -0.3 is 10.2 Å². The summed E-state index contributed by atoms with van der Waals surface area (Å²) in [6, 6.07) is 2.13. The predicted molar refractivity (Wildman–Crippen MR) is 87.1 cm³/mol. The van der Waals surface area contributed by atoms with Gasteiger partial charge in [0.1, 0.15) is 16.8 Å². The smallest absolute Gasteiger partial charge is 0.225 e. The van der Waals surface area contributed by atoms with Crippen molar-refractivity contribution in [2.45, 2.75) is 51.5 Å². The van der Waals surface area contributed by atoms with E-state index in [1.807, 2.05) is 18.7 Å². The molecular weight excluding hydrogens is 300 g/mol. The van der Waals surface area contributed by atoms with Gasteiger partial charge in [-0.05, 0) is 25.7 Å². The minimum Gasteiger partial charge on any atom is -0.367 e. The second-order valence-corrected chi connectivity index (χ2v) is 6.99. The van der Waals surface area contributed by atoms with Crippen molar-refractivity contribution < 1.29 is 4.79 Å². The Morgan fingerprint density at radius 2 is 1.95 bits per heavy atom. The summed E-state index contributed by atoms with van der Waals surface area (Å²) in [4.78, 5) is 22.9. The first-order valence-corrected chi connectivity index (χ1v) is 8.50. The highest BCUT2D eigenvalue weighted by Gasteiger charge is 2.28. The Morgan fingerprint density at radius 3 is 2.55 bits per heavy atom. The molecule has 2 fully saturated rings. The molecule has 0 atom stereocenters. The van der Waals surface area contributed by atoms with Gasteiger partial charge in [0.15, 0.2) is 0 Å². The quantitative estimate of drug-likeness (QED) is 0.866. The van der Waals surface area contributed by atoms with Gasteiger partial charge in [-0.25, -0.2) is 9.97 Å². The van der Waals surface area contributed by atoms with Crippen LogP contribution in [0.5, 0.6) is 0 Å². The molecule has 1 saturated heterocycles. The molecule has 0 aromatic carbocycles. The van der Waals surface area contributed by atoms with Crippen molar-refractivity contribution in [1.29, 1.82) is 0 Å². The first-order chi connectivity index (χ1) is 10.5. The largest absolute Gasteiger partial charge is 0.367 e. The number of anilines is 1. The van der Waals surface area contributed by atoms with Crippen LogP contribution >= 0.6 is 11.6 Å². The third kappa shape index (κ3) is 3.69. The summed E-state index contributed by atoms with van der Waals surface area (Å²) < 4.78 is 0. The molecule has 5 nitrogen and oxygen atoms in total. The average Bonchev–Trinajstić information content (AvgIpc) is 3.31. The zero-order valence-corrected chi connectivity index (χ0v) is 13.9. The monoisotopic (exact) mass is 322 g/mol. The van der Waals surface area contributed by atoms with Crippen LogP contribution in [0.1, 0.15) is 51.3 Å². The van der Waals surface area contributed by atoms with Crippen molar-refractivity contribution in [3.8, 4) is 0 Å². The lowest BCUT2D eigenvalue weighted by molar-refractivity contribution is -0.135. The van der Waals surface area contributed by atoms with Crippen LogP contribution in [0.4, 0.5) is 5.82 Å². The number of hydrogen-bond acceptors (Lipinski definition) is 4. The molecule has 2 aliphatic rings. The first kappa shape index (κ1) is 15.5. The third-order valence-electron chi connectivity index (χ3n) is 4.31. The molecule has 3 rings (SSSR count). The van der Waals surface area contributed by atoms with Crippen molar-refractivity contribution in [3.63, 3.8) is 0 Å². The summed E-state index contributed by atoms with van der Waals surface area (Å²) in [6.07, 6.45) is 4.21. The van der Waals surface area contributed by atoms with Gasteiger partial charge >= 0.3 is 0 Å². The van der Waals surface area contributed by atoms with Crippen molar-refractivity contribution in [1.82, 2.24) is 14.9 Å². The highest BCUT2D eigenvalue weighted by Crippen LogP contribution is 2.38. The first-order valence-electron chi connectivity index (χ1n) is 8.12. The molecule has 6 heteroatoms.